The molecule has 5 rings (SSSR count). The molecule has 0 aliphatic carbocycles. The molecule has 1 aromatic heterocycles. The monoisotopic (exact) mass is 723 g/mol. The molecule has 0 spiro atoms. The van der Waals surface area contributed by atoms with E-state index in [2.05, 4.69) is 10.3 Å². The van der Waals surface area contributed by atoms with E-state index in [1.807, 2.05) is 0 Å². The number of rotatable bonds is 11. The number of ether oxygens (including phenoxy) is 1. The van der Waals surface area contributed by atoms with Crippen LogP contribution in [-0.4, -0.2) is 111 Å². The van der Waals surface area contributed by atoms with Gasteiger partial charge in [-0.3, -0.25) is 20.2 Å². The van der Waals surface area contributed by atoms with Crippen LogP contribution in [0.5, 0.6) is 0 Å². The number of nitro benzene ring substituents is 2. The molecule has 0 radical (unpaired) electrons. The Morgan fingerprint density at radius 3 is 2.16 bits per heavy atom. The molecule has 20 nitrogen and oxygen atoms in total. The van der Waals surface area contributed by atoms with Crippen molar-refractivity contribution in [2.24, 2.45) is 0 Å². The zero-order valence-corrected chi connectivity index (χ0v) is 27.1. The Hall–Kier alpha value is -4.68. The van der Waals surface area contributed by atoms with Crippen molar-refractivity contribution in [3.63, 3.8) is 0 Å². The maximum atomic E-state index is 14.5. The minimum Gasteiger partial charge on any atom is -0.394 e. The summed E-state index contributed by atoms with van der Waals surface area (Å²) in [5.74, 6) is 0. The quantitative estimate of drug-likeness (QED) is 0.116. The molecule has 0 amide bonds. The summed E-state index contributed by atoms with van der Waals surface area (Å²) in [6, 6.07) is 10.4. The maximum absolute atomic E-state index is 14.5. The van der Waals surface area contributed by atoms with Crippen molar-refractivity contribution in [3.05, 3.63) is 86.7 Å². The number of sulfonamides is 2. The Labute approximate surface area is 277 Å². The van der Waals surface area contributed by atoms with Gasteiger partial charge in [-0.25, -0.2) is 21.5 Å². The Bertz CT molecular complexity index is 2140. The normalized spacial score (nSPS) is 21.6. The van der Waals surface area contributed by atoms with Crippen LogP contribution >= 0.6 is 0 Å². The zero-order valence-electron chi connectivity index (χ0n) is 25.5. The van der Waals surface area contributed by atoms with E-state index in [9.17, 15) is 57.5 Å². The first-order valence-corrected chi connectivity index (χ1v) is 17.0. The van der Waals surface area contributed by atoms with Crippen LogP contribution in [0.1, 0.15) is 11.9 Å². The topological polar surface area (TPSA) is 282 Å². The SMILES string of the molecule is CN(C)c1cccc2c(S(=O)(=O)N(Cc3cn([C@@H]4O[C@H](CO)[C@@H](O)[C@H](O)[C@H]4O)nn3)S(=O)(=O)c3ccc([N+](=O)[O-])cc3[N+](=O)[O-])cccc12. The molecule has 49 heavy (non-hydrogen) atoms. The predicted molar refractivity (Wildman–Crippen MR) is 167 cm³/mol. The largest absolute Gasteiger partial charge is 0.394 e. The Balaban J connectivity index is 1.68. The molecule has 1 aliphatic rings. The Kier molecular flexibility index (Phi) is 9.68. The number of nitro groups is 2. The van der Waals surface area contributed by atoms with Gasteiger partial charge in [0.05, 0.1) is 45.9 Å². The van der Waals surface area contributed by atoms with Crippen LogP contribution in [0.25, 0.3) is 10.8 Å². The fourth-order valence-electron chi connectivity index (χ4n) is 5.32. The molecule has 3 aromatic carbocycles. The van der Waals surface area contributed by atoms with Gasteiger partial charge in [0.1, 0.15) is 24.4 Å². The van der Waals surface area contributed by atoms with E-state index in [-0.39, 0.29) is 9.10 Å². The van der Waals surface area contributed by atoms with E-state index < -0.39 is 101 Å². The number of aliphatic hydroxyl groups is 4. The van der Waals surface area contributed by atoms with Crippen molar-refractivity contribution < 1.29 is 51.8 Å². The van der Waals surface area contributed by atoms with E-state index in [1.54, 1.807) is 37.2 Å². The summed E-state index contributed by atoms with van der Waals surface area (Å²) >= 11 is 0. The first-order chi connectivity index (χ1) is 23.0. The molecule has 22 heteroatoms. The van der Waals surface area contributed by atoms with Gasteiger partial charge in [0.2, 0.25) is 0 Å². The zero-order chi connectivity index (χ0) is 36.0. The molecule has 5 atom stereocenters. The number of hydrogen-bond acceptors (Lipinski definition) is 16. The van der Waals surface area contributed by atoms with Crippen LogP contribution in [0.3, 0.4) is 0 Å². The van der Waals surface area contributed by atoms with Crippen molar-refractivity contribution in [2.75, 3.05) is 25.6 Å². The third-order valence-electron chi connectivity index (χ3n) is 7.76. The van der Waals surface area contributed by atoms with Crippen molar-refractivity contribution in [3.8, 4) is 0 Å². The van der Waals surface area contributed by atoms with Gasteiger partial charge in [-0.05, 0) is 18.2 Å². The predicted octanol–water partition coefficient (Wildman–Crippen LogP) is -0.134. The van der Waals surface area contributed by atoms with Crippen molar-refractivity contribution in [1.29, 1.82) is 0 Å². The van der Waals surface area contributed by atoms with Gasteiger partial charge in [-0.2, -0.15) is 0 Å². The number of fused-ring (bicyclic) bond motifs is 1. The third kappa shape index (κ3) is 6.42. The first-order valence-electron chi connectivity index (χ1n) is 14.1. The summed E-state index contributed by atoms with van der Waals surface area (Å²) in [4.78, 5) is 21.1. The second-order valence-corrected chi connectivity index (χ2v) is 14.9. The number of anilines is 1. The van der Waals surface area contributed by atoms with Gasteiger partial charge in [0, 0.05) is 36.6 Å². The lowest BCUT2D eigenvalue weighted by Gasteiger charge is -2.39. The number of nitrogens with zero attached hydrogens (tertiary/aromatic N) is 7. The minimum absolute atomic E-state index is 0.0626. The summed E-state index contributed by atoms with van der Waals surface area (Å²) in [6.07, 6.45) is -7.34. The van der Waals surface area contributed by atoms with E-state index in [4.69, 9.17) is 4.74 Å². The molecular weight excluding hydrogens is 694 g/mol. The van der Waals surface area contributed by atoms with E-state index in [0.29, 0.717) is 29.3 Å². The van der Waals surface area contributed by atoms with E-state index in [1.165, 1.54) is 12.1 Å². The highest BCUT2D eigenvalue weighted by atomic mass is 32.3. The highest BCUT2D eigenvalue weighted by Crippen LogP contribution is 2.37. The van der Waals surface area contributed by atoms with Gasteiger partial charge in [-0.15, -0.1) is 5.10 Å². The average Bonchev–Trinajstić information content (AvgIpc) is 3.53. The van der Waals surface area contributed by atoms with Crippen LogP contribution in [-0.2, 0) is 31.3 Å². The molecule has 4 N–H and O–H groups in total. The lowest BCUT2D eigenvalue weighted by atomic mass is 9.98. The smallest absolute Gasteiger partial charge is 0.296 e. The molecule has 4 aromatic rings. The highest BCUT2D eigenvalue weighted by Gasteiger charge is 2.46. The minimum atomic E-state index is -5.47. The van der Waals surface area contributed by atoms with E-state index >= 15 is 0 Å². The molecule has 0 bridgehead atoms. The summed E-state index contributed by atoms with van der Waals surface area (Å²) < 4.78 is 63.6. The van der Waals surface area contributed by atoms with Crippen LogP contribution in [0, 0.1) is 20.2 Å². The van der Waals surface area contributed by atoms with Gasteiger partial charge >= 0.3 is 0 Å². The summed E-state index contributed by atoms with van der Waals surface area (Å²) in [7, 11) is -7.24. The van der Waals surface area contributed by atoms with Crippen molar-refractivity contribution >= 4 is 47.9 Å². The molecule has 1 aliphatic heterocycles. The lowest BCUT2D eigenvalue weighted by molar-refractivity contribution is -0.396. The molecule has 262 valence electrons. The fourth-order valence-corrected chi connectivity index (χ4v) is 9.22. The molecule has 2 heterocycles. The standard InChI is InChI=1S/C27H29N7O13S2/c1-30(2)19-7-3-6-18-17(19)5-4-8-22(18)48(43,44)32(49(45,46)23-10-9-16(33(39)40)11-20(23)34(41)42)13-15-12-31(29-28-15)27-26(38)25(37)24(36)21(14-35)47-27/h3-12,21,24-27,35-38H,13-14H2,1-2H3/t21-,24-,25+,26-,27-/m1/s1. The number of aliphatic hydroxyl groups excluding tert-OH is 4. The van der Waals surface area contributed by atoms with Crippen LogP contribution in [0.15, 0.2) is 70.6 Å². The number of aromatic nitrogens is 3. The Morgan fingerprint density at radius 1 is 0.878 bits per heavy atom. The van der Waals surface area contributed by atoms with Gasteiger partial charge < -0.3 is 30.1 Å². The summed E-state index contributed by atoms with van der Waals surface area (Å²) in [6.45, 7) is -1.91. The molecule has 0 saturated carbocycles. The van der Waals surface area contributed by atoms with Crippen LogP contribution < -0.4 is 4.90 Å². The van der Waals surface area contributed by atoms with Crippen molar-refractivity contribution in [2.45, 2.75) is 47.0 Å². The number of benzene rings is 3. The Morgan fingerprint density at radius 2 is 1.53 bits per heavy atom. The van der Waals surface area contributed by atoms with Gasteiger partial charge in [-0.1, -0.05) is 33.2 Å². The molecule has 1 fully saturated rings. The fraction of sp³-hybridized carbons (Fsp3) is 0.333. The van der Waals surface area contributed by atoms with Crippen LogP contribution in [0.2, 0.25) is 0 Å². The molecule has 1 saturated heterocycles. The molecule has 0 unspecified atom stereocenters. The van der Waals surface area contributed by atoms with Crippen LogP contribution in [0.4, 0.5) is 17.1 Å². The summed E-state index contributed by atoms with van der Waals surface area (Å²) in [5, 5.41) is 71.7. The second kappa shape index (κ2) is 13.3. The highest BCUT2D eigenvalue weighted by molar-refractivity contribution is 8.04. The van der Waals surface area contributed by atoms with Gasteiger partial charge in [0.15, 0.2) is 11.1 Å². The summed E-state index contributed by atoms with van der Waals surface area (Å²) in [5.41, 5.74) is -1.92. The molecular formula is C27H29N7O13S2. The number of hydrogen-bond donors (Lipinski definition) is 4. The average molecular weight is 724 g/mol. The second-order valence-electron chi connectivity index (χ2n) is 11.0. The lowest BCUT2D eigenvalue weighted by Crippen LogP contribution is -2.56. The maximum Gasteiger partial charge on any atom is 0.296 e. The van der Waals surface area contributed by atoms with Crippen molar-refractivity contribution in [1.82, 2.24) is 18.7 Å². The number of non-ortho nitro benzene ring substituents is 1. The third-order valence-corrected chi connectivity index (χ3v) is 12.1. The first kappa shape index (κ1) is 35.6. The van der Waals surface area contributed by atoms with Gasteiger partial charge in [0.25, 0.3) is 31.4 Å². The van der Waals surface area contributed by atoms with E-state index in [0.717, 1.165) is 16.9 Å².